The van der Waals surface area contributed by atoms with Crippen LogP contribution in [0, 0.1) is 5.92 Å². The summed E-state index contributed by atoms with van der Waals surface area (Å²) in [4.78, 5) is 24.1. The lowest BCUT2D eigenvalue weighted by Crippen LogP contribution is -2.43. The summed E-state index contributed by atoms with van der Waals surface area (Å²) < 4.78 is 10.3. The molecule has 1 heterocycles. The smallest absolute Gasteiger partial charge is 0.310 e. The van der Waals surface area contributed by atoms with Crippen LogP contribution in [0.5, 0.6) is 5.75 Å². The van der Waals surface area contributed by atoms with E-state index in [9.17, 15) is 14.7 Å². The van der Waals surface area contributed by atoms with E-state index in [2.05, 4.69) is 10.6 Å². The first-order chi connectivity index (χ1) is 12.0. The van der Waals surface area contributed by atoms with E-state index in [4.69, 9.17) is 9.47 Å². The second kappa shape index (κ2) is 9.39. The number of hydrogen-bond acceptors (Lipinski definition) is 6. The molecule has 7 heteroatoms. The zero-order chi connectivity index (χ0) is 18.2. The molecule has 1 amide bonds. The Bertz CT molecular complexity index is 575. The average Bonchev–Trinajstić information content (AvgIpc) is 3.06. The predicted molar refractivity (Wildman–Crippen MR) is 92.2 cm³/mol. The molecule has 0 bridgehead atoms. The third-order valence-electron chi connectivity index (χ3n) is 4.20. The molecular weight excluding hydrogens is 324 g/mol. The van der Waals surface area contributed by atoms with Crippen LogP contribution in [-0.2, 0) is 20.7 Å². The van der Waals surface area contributed by atoms with Crippen LogP contribution in [0.1, 0.15) is 18.9 Å². The lowest BCUT2D eigenvalue weighted by atomic mass is 9.99. The molecule has 3 atom stereocenters. The topological polar surface area (TPSA) is 96.9 Å². The van der Waals surface area contributed by atoms with Gasteiger partial charge < -0.3 is 25.2 Å². The first-order valence-electron chi connectivity index (χ1n) is 8.52. The van der Waals surface area contributed by atoms with Gasteiger partial charge in [0.05, 0.1) is 31.8 Å². The molecule has 0 saturated carbocycles. The first kappa shape index (κ1) is 19.2. The third-order valence-corrected chi connectivity index (χ3v) is 4.20. The molecule has 1 saturated heterocycles. The van der Waals surface area contributed by atoms with Crippen molar-refractivity contribution in [3.63, 3.8) is 0 Å². The molecule has 7 nitrogen and oxygen atoms in total. The summed E-state index contributed by atoms with van der Waals surface area (Å²) in [6.07, 6.45) is 0.337. The Morgan fingerprint density at radius 2 is 2.08 bits per heavy atom. The van der Waals surface area contributed by atoms with Crippen LogP contribution in [0.25, 0.3) is 0 Å². The lowest BCUT2D eigenvalue weighted by Gasteiger charge is -2.17. The molecule has 1 aliphatic rings. The van der Waals surface area contributed by atoms with Gasteiger partial charge in [-0.1, -0.05) is 12.1 Å². The second-order valence-electron chi connectivity index (χ2n) is 6.10. The fourth-order valence-corrected chi connectivity index (χ4v) is 2.84. The van der Waals surface area contributed by atoms with Gasteiger partial charge in [0, 0.05) is 13.1 Å². The van der Waals surface area contributed by atoms with Gasteiger partial charge in [-0.3, -0.25) is 9.59 Å². The number of hydrogen-bond donors (Lipinski definition) is 3. The van der Waals surface area contributed by atoms with E-state index in [1.54, 1.807) is 0 Å². The highest BCUT2D eigenvalue weighted by Gasteiger charge is 2.29. The van der Waals surface area contributed by atoms with Gasteiger partial charge in [0.2, 0.25) is 5.91 Å². The molecule has 1 aromatic carbocycles. The van der Waals surface area contributed by atoms with Gasteiger partial charge in [0.25, 0.3) is 0 Å². The Morgan fingerprint density at radius 1 is 1.36 bits per heavy atom. The van der Waals surface area contributed by atoms with Crippen LogP contribution >= 0.6 is 0 Å². The van der Waals surface area contributed by atoms with Gasteiger partial charge in [-0.2, -0.15) is 0 Å². The highest BCUT2D eigenvalue weighted by atomic mass is 16.5. The molecule has 3 unspecified atom stereocenters. The van der Waals surface area contributed by atoms with Crippen LogP contribution in [0.15, 0.2) is 24.3 Å². The Kier molecular flexibility index (Phi) is 7.21. The van der Waals surface area contributed by atoms with Gasteiger partial charge in [0.1, 0.15) is 5.75 Å². The highest BCUT2D eigenvalue weighted by Crippen LogP contribution is 2.16. The van der Waals surface area contributed by atoms with Gasteiger partial charge in [-0.15, -0.1) is 0 Å². The van der Waals surface area contributed by atoms with Crippen molar-refractivity contribution in [1.82, 2.24) is 10.6 Å². The van der Waals surface area contributed by atoms with Crippen LogP contribution in [0.2, 0.25) is 0 Å². The molecule has 2 rings (SSSR count). The number of nitrogens with one attached hydrogen (secondary N) is 2. The SMILES string of the molecule is CCOc1ccc(CC(CNC(=O)C2CC(O)CN2)C(=O)OC)cc1. The van der Waals surface area contributed by atoms with Crippen molar-refractivity contribution < 1.29 is 24.2 Å². The number of methoxy groups -OCH3 is 1. The zero-order valence-corrected chi connectivity index (χ0v) is 14.7. The van der Waals surface area contributed by atoms with Crippen molar-refractivity contribution in [3.8, 4) is 5.75 Å². The number of ether oxygens (including phenoxy) is 2. The van der Waals surface area contributed by atoms with Crippen LogP contribution in [0.3, 0.4) is 0 Å². The zero-order valence-electron chi connectivity index (χ0n) is 14.7. The average molecular weight is 350 g/mol. The van der Waals surface area contributed by atoms with Crippen LogP contribution in [-0.4, -0.2) is 55.9 Å². The third kappa shape index (κ3) is 5.72. The van der Waals surface area contributed by atoms with Gasteiger partial charge in [-0.05, 0) is 37.5 Å². The summed E-state index contributed by atoms with van der Waals surface area (Å²) in [5.74, 6) is -0.274. The van der Waals surface area contributed by atoms with E-state index >= 15 is 0 Å². The molecule has 0 spiro atoms. The van der Waals surface area contributed by atoms with E-state index in [1.807, 2.05) is 31.2 Å². The molecule has 1 aliphatic heterocycles. The summed E-state index contributed by atoms with van der Waals surface area (Å²) in [7, 11) is 1.34. The summed E-state index contributed by atoms with van der Waals surface area (Å²) in [5.41, 5.74) is 0.961. The monoisotopic (exact) mass is 350 g/mol. The normalized spacial score (nSPS) is 20.8. The number of aliphatic hydroxyl groups excluding tert-OH is 1. The number of β-amino-alcohol motifs (C(OH)–C–C–N with tert-alkyl or cyclic N) is 1. The minimum Gasteiger partial charge on any atom is -0.494 e. The van der Waals surface area contributed by atoms with Crippen molar-refractivity contribution in [2.24, 2.45) is 5.92 Å². The largest absolute Gasteiger partial charge is 0.494 e. The van der Waals surface area contributed by atoms with Crippen LogP contribution < -0.4 is 15.4 Å². The summed E-state index contributed by atoms with van der Waals surface area (Å²) in [5, 5.41) is 15.2. The molecule has 25 heavy (non-hydrogen) atoms. The van der Waals surface area contributed by atoms with Gasteiger partial charge in [-0.25, -0.2) is 0 Å². The fourth-order valence-electron chi connectivity index (χ4n) is 2.84. The maximum Gasteiger partial charge on any atom is 0.310 e. The number of rotatable bonds is 8. The lowest BCUT2D eigenvalue weighted by molar-refractivity contribution is -0.145. The molecule has 0 radical (unpaired) electrons. The van der Waals surface area contributed by atoms with Gasteiger partial charge in [0.15, 0.2) is 0 Å². The first-order valence-corrected chi connectivity index (χ1v) is 8.52. The predicted octanol–water partition coefficient (Wildman–Crippen LogP) is 0.256. The summed E-state index contributed by atoms with van der Waals surface area (Å²) >= 11 is 0. The van der Waals surface area contributed by atoms with E-state index in [1.165, 1.54) is 7.11 Å². The number of carbonyl (C=O) groups is 2. The maximum absolute atomic E-state index is 12.1. The van der Waals surface area contributed by atoms with E-state index < -0.39 is 18.1 Å². The molecule has 3 N–H and O–H groups in total. The molecular formula is C18H26N2O5. The molecule has 0 aliphatic carbocycles. The molecule has 138 valence electrons. The summed E-state index contributed by atoms with van der Waals surface area (Å²) in [6, 6.07) is 7.10. The quantitative estimate of drug-likeness (QED) is 0.582. The number of amides is 1. The van der Waals surface area contributed by atoms with Crippen molar-refractivity contribution in [3.05, 3.63) is 29.8 Å². The number of carbonyl (C=O) groups excluding carboxylic acids is 2. The van der Waals surface area contributed by atoms with Crippen LogP contribution in [0.4, 0.5) is 0 Å². The number of esters is 1. The molecule has 1 aromatic rings. The molecule has 1 fully saturated rings. The maximum atomic E-state index is 12.1. The van der Waals surface area contributed by atoms with Gasteiger partial charge >= 0.3 is 5.97 Å². The van der Waals surface area contributed by atoms with Crippen molar-refractivity contribution >= 4 is 11.9 Å². The van der Waals surface area contributed by atoms with Crippen molar-refractivity contribution in [2.75, 3.05) is 26.8 Å². The second-order valence-corrected chi connectivity index (χ2v) is 6.10. The fraction of sp³-hybridized carbons (Fsp3) is 0.556. The van der Waals surface area contributed by atoms with Crippen molar-refractivity contribution in [1.29, 1.82) is 0 Å². The minimum atomic E-state index is -0.504. The highest BCUT2D eigenvalue weighted by molar-refractivity contribution is 5.83. The Balaban J connectivity index is 1.91. The number of aliphatic hydroxyl groups is 1. The van der Waals surface area contributed by atoms with E-state index in [0.29, 0.717) is 26.0 Å². The minimum absolute atomic E-state index is 0.187. The van der Waals surface area contributed by atoms with E-state index in [0.717, 1.165) is 11.3 Å². The Morgan fingerprint density at radius 3 is 2.64 bits per heavy atom. The van der Waals surface area contributed by atoms with E-state index in [-0.39, 0.29) is 18.4 Å². The number of benzene rings is 1. The summed E-state index contributed by atoms with van der Waals surface area (Å²) in [6.45, 7) is 3.11. The standard InChI is InChI=1S/C18H26N2O5/c1-3-25-15-6-4-12(5-7-15)8-13(18(23)24-2)10-20-17(22)16-9-14(21)11-19-16/h4-7,13-14,16,19,21H,3,8-11H2,1-2H3,(H,20,22). The Labute approximate surface area is 147 Å². The van der Waals surface area contributed by atoms with Crippen molar-refractivity contribution in [2.45, 2.75) is 31.9 Å². The molecule has 0 aromatic heterocycles. The Hall–Kier alpha value is -2.12.